The number of aryl methyl sites for hydroxylation is 1. The van der Waals surface area contributed by atoms with Crippen LogP contribution in [0.15, 0.2) is 54.9 Å². The predicted octanol–water partition coefficient (Wildman–Crippen LogP) is 3.39. The minimum atomic E-state index is -0.250. The molecule has 2 aromatic carbocycles. The maximum atomic E-state index is 12.7. The van der Waals surface area contributed by atoms with Crippen LogP contribution in [-0.2, 0) is 18.4 Å². The zero-order valence-corrected chi connectivity index (χ0v) is 17.5. The van der Waals surface area contributed by atoms with E-state index in [9.17, 15) is 9.59 Å². The van der Waals surface area contributed by atoms with Crippen LogP contribution < -0.4 is 19.7 Å². The number of carbonyl (C=O) groups excluding carboxylic acids is 2. The first-order valence-corrected chi connectivity index (χ1v) is 10.0. The van der Waals surface area contributed by atoms with E-state index in [4.69, 9.17) is 9.47 Å². The zero-order valence-electron chi connectivity index (χ0n) is 17.5. The lowest BCUT2D eigenvalue weighted by atomic mass is 10.2. The Hall–Kier alpha value is -3.81. The summed E-state index contributed by atoms with van der Waals surface area (Å²) in [5, 5.41) is 2.88. The van der Waals surface area contributed by atoms with Crippen LogP contribution >= 0.6 is 0 Å². The number of anilines is 2. The van der Waals surface area contributed by atoms with E-state index in [0.717, 1.165) is 12.2 Å². The van der Waals surface area contributed by atoms with Crippen molar-refractivity contribution >= 4 is 23.2 Å². The van der Waals surface area contributed by atoms with Gasteiger partial charge in [-0.3, -0.25) is 9.59 Å². The molecule has 0 bridgehead atoms. The Balaban J connectivity index is 1.43. The van der Waals surface area contributed by atoms with E-state index in [-0.39, 0.29) is 11.8 Å². The van der Waals surface area contributed by atoms with E-state index < -0.39 is 0 Å². The van der Waals surface area contributed by atoms with Crippen LogP contribution in [0.2, 0.25) is 0 Å². The number of hydrogen-bond donors (Lipinski definition) is 1. The minimum absolute atomic E-state index is 0.0582. The maximum Gasteiger partial charge on any atom is 0.255 e. The SMILES string of the molecule is COc1ccc(NC(=O)c2ccc(OCc3nccn3C)cc2)cc1N1CCCC1=O. The number of nitrogens with one attached hydrogen (secondary N) is 1. The van der Waals surface area contributed by atoms with Crippen molar-refractivity contribution in [3.8, 4) is 11.5 Å². The first kappa shape index (κ1) is 20.5. The molecule has 31 heavy (non-hydrogen) atoms. The van der Waals surface area contributed by atoms with Gasteiger partial charge in [-0.25, -0.2) is 4.98 Å². The van der Waals surface area contributed by atoms with Crippen LogP contribution in [0.25, 0.3) is 0 Å². The molecule has 1 aromatic heterocycles. The Morgan fingerprint density at radius 1 is 1.19 bits per heavy atom. The van der Waals surface area contributed by atoms with Gasteiger partial charge in [0, 0.05) is 43.7 Å². The number of benzene rings is 2. The summed E-state index contributed by atoms with van der Waals surface area (Å²) in [5.74, 6) is 1.87. The lowest BCUT2D eigenvalue weighted by molar-refractivity contribution is -0.117. The van der Waals surface area contributed by atoms with Gasteiger partial charge >= 0.3 is 0 Å². The van der Waals surface area contributed by atoms with Gasteiger partial charge in [-0.05, 0) is 48.9 Å². The Kier molecular flexibility index (Phi) is 5.88. The van der Waals surface area contributed by atoms with Gasteiger partial charge in [0.1, 0.15) is 23.9 Å². The number of imidazole rings is 1. The molecule has 0 spiro atoms. The topological polar surface area (TPSA) is 85.7 Å². The minimum Gasteiger partial charge on any atom is -0.495 e. The molecular weight excluding hydrogens is 396 g/mol. The van der Waals surface area contributed by atoms with Crippen LogP contribution in [0.5, 0.6) is 11.5 Å². The van der Waals surface area contributed by atoms with Crippen molar-refractivity contribution < 1.29 is 19.1 Å². The Bertz CT molecular complexity index is 1090. The summed E-state index contributed by atoms with van der Waals surface area (Å²) in [6, 6.07) is 12.2. The van der Waals surface area contributed by atoms with Gasteiger partial charge in [-0.1, -0.05) is 0 Å². The number of methoxy groups -OCH3 is 1. The third-order valence-corrected chi connectivity index (χ3v) is 5.21. The number of ether oxygens (including phenoxy) is 2. The number of carbonyl (C=O) groups is 2. The average molecular weight is 420 g/mol. The second-order valence-electron chi connectivity index (χ2n) is 7.26. The zero-order chi connectivity index (χ0) is 21.8. The van der Waals surface area contributed by atoms with E-state index in [1.54, 1.807) is 60.7 Å². The van der Waals surface area contributed by atoms with Gasteiger partial charge in [-0.15, -0.1) is 0 Å². The molecule has 0 aliphatic carbocycles. The molecule has 0 saturated carbocycles. The first-order chi connectivity index (χ1) is 15.0. The molecule has 2 heterocycles. The smallest absolute Gasteiger partial charge is 0.255 e. The average Bonchev–Trinajstić information content (AvgIpc) is 3.40. The maximum absolute atomic E-state index is 12.7. The molecule has 160 valence electrons. The number of nitrogens with zero attached hydrogens (tertiary/aromatic N) is 3. The van der Waals surface area contributed by atoms with Crippen molar-refractivity contribution in [2.75, 3.05) is 23.9 Å². The molecule has 2 amide bonds. The van der Waals surface area contributed by atoms with Crippen molar-refractivity contribution in [1.82, 2.24) is 9.55 Å². The molecule has 4 rings (SSSR count). The molecule has 0 unspecified atom stereocenters. The van der Waals surface area contributed by atoms with Crippen LogP contribution in [0.4, 0.5) is 11.4 Å². The monoisotopic (exact) mass is 420 g/mol. The highest BCUT2D eigenvalue weighted by Crippen LogP contribution is 2.34. The number of hydrogen-bond acceptors (Lipinski definition) is 5. The fourth-order valence-electron chi connectivity index (χ4n) is 3.47. The Morgan fingerprint density at radius 3 is 2.65 bits per heavy atom. The summed E-state index contributed by atoms with van der Waals surface area (Å²) in [4.78, 5) is 30.7. The van der Waals surface area contributed by atoms with Crippen molar-refractivity contribution in [3.05, 3.63) is 66.2 Å². The quantitative estimate of drug-likeness (QED) is 0.633. The van der Waals surface area contributed by atoms with Crippen LogP contribution in [0.1, 0.15) is 29.0 Å². The molecule has 0 radical (unpaired) electrons. The van der Waals surface area contributed by atoms with Gasteiger partial charge in [0.15, 0.2) is 0 Å². The Labute approximate surface area is 180 Å². The summed E-state index contributed by atoms with van der Waals surface area (Å²) < 4.78 is 13.0. The highest BCUT2D eigenvalue weighted by Gasteiger charge is 2.25. The van der Waals surface area contributed by atoms with Gasteiger partial charge in [-0.2, -0.15) is 0 Å². The lowest BCUT2D eigenvalue weighted by Crippen LogP contribution is -2.24. The largest absolute Gasteiger partial charge is 0.495 e. The van der Waals surface area contributed by atoms with Gasteiger partial charge in [0.2, 0.25) is 5.91 Å². The second-order valence-corrected chi connectivity index (χ2v) is 7.26. The van der Waals surface area contributed by atoms with Gasteiger partial charge < -0.3 is 24.3 Å². The normalized spacial score (nSPS) is 13.4. The summed E-state index contributed by atoms with van der Waals surface area (Å²) in [5.41, 5.74) is 1.76. The first-order valence-electron chi connectivity index (χ1n) is 10.0. The van der Waals surface area contributed by atoms with Crippen molar-refractivity contribution in [3.63, 3.8) is 0 Å². The predicted molar refractivity (Wildman–Crippen MR) is 117 cm³/mol. The third kappa shape index (κ3) is 4.53. The summed E-state index contributed by atoms with van der Waals surface area (Å²) in [7, 11) is 3.47. The molecule has 1 fully saturated rings. The Morgan fingerprint density at radius 2 is 2.00 bits per heavy atom. The van der Waals surface area contributed by atoms with Gasteiger partial charge in [0.25, 0.3) is 5.91 Å². The molecule has 1 aliphatic heterocycles. The molecule has 0 atom stereocenters. The molecular formula is C23H24N4O4. The highest BCUT2D eigenvalue weighted by atomic mass is 16.5. The summed E-state index contributed by atoms with van der Waals surface area (Å²) >= 11 is 0. The van der Waals surface area contributed by atoms with Gasteiger partial charge in [0.05, 0.1) is 12.8 Å². The van der Waals surface area contributed by atoms with Crippen molar-refractivity contribution in [2.45, 2.75) is 19.4 Å². The number of aromatic nitrogens is 2. The standard InChI is InChI=1S/C23H24N4O4/c1-26-13-11-24-21(26)15-31-18-8-5-16(6-9-18)23(29)25-17-7-10-20(30-2)19(14-17)27-12-3-4-22(27)28/h5-11,13-14H,3-4,12,15H2,1-2H3,(H,25,29). The molecule has 8 heteroatoms. The molecule has 1 aliphatic rings. The van der Waals surface area contributed by atoms with Crippen LogP contribution in [-0.4, -0.2) is 35.0 Å². The summed E-state index contributed by atoms with van der Waals surface area (Å²) in [6.07, 6.45) is 4.91. The van der Waals surface area contributed by atoms with Crippen LogP contribution in [0, 0.1) is 0 Å². The lowest BCUT2D eigenvalue weighted by Gasteiger charge is -2.20. The van der Waals surface area contributed by atoms with E-state index in [2.05, 4.69) is 10.3 Å². The molecule has 3 aromatic rings. The second kappa shape index (κ2) is 8.91. The fourth-order valence-corrected chi connectivity index (χ4v) is 3.47. The molecule has 1 saturated heterocycles. The molecule has 8 nitrogen and oxygen atoms in total. The van der Waals surface area contributed by atoms with Crippen LogP contribution in [0.3, 0.4) is 0 Å². The fraction of sp³-hybridized carbons (Fsp3) is 0.261. The van der Waals surface area contributed by atoms with Crippen molar-refractivity contribution in [1.29, 1.82) is 0 Å². The summed E-state index contributed by atoms with van der Waals surface area (Å²) in [6.45, 7) is 0.991. The van der Waals surface area contributed by atoms with E-state index >= 15 is 0 Å². The molecule has 1 N–H and O–H groups in total. The van der Waals surface area contributed by atoms with E-state index in [1.807, 2.05) is 17.8 Å². The van der Waals surface area contributed by atoms with E-state index in [0.29, 0.717) is 48.0 Å². The van der Waals surface area contributed by atoms with E-state index in [1.165, 1.54) is 0 Å². The highest BCUT2D eigenvalue weighted by molar-refractivity contribution is 6.05. The third-order valence-electron chi connectivity index (χ3n) is 5.21. The number of amides is 2. The van der Waals surface area contributed by atoms with Crippen molar-refractivity contribution in [2.24, 2.45) is 7.05 Å². The number of rotatable bonds is 7.